The molecule has 0 saturated carbocycles. The summed E-state index contributed by atoms with van der Waals surface area (Å²) in [5.74, 6) is 0.446. The summed E-state index contributed by atoms with van der Waals surface area (Å²) in [6.07, 6.45) is 5.42. The average molecular weight is 254 g/mol. The molecule has 4 heteroatoms. The second-order valence-electron chi connectivity index (χ2n) is 4.65. The molecule has 1 fully saturated rings. The minimum absolute atomic E-state index is 0.166. The zero-order valence-corrected chi connectivity index (χ0v) is 11.8. The van der Waals surface area contributed by atoms with Gasteiger partial charge in [-0.2, -0.15) is 5.26 Å². The highest BCUT2D eigenvalue weighted by atomic mass is 32.2. The van der Waals surface area contributed by atoms with Crippen molar-refractivity contribution in [3.63, 3.8) is 0 Å². The van der Waals surface area contributed by atoms with Gasteiger partial charge in [-0.3, -0.25) is 4.79 Å². The molecular weight excluding hydrogens is 232 g/mol. The molecule has 0 bridgehead atoms. The van der Waals surface area contributed by atoms with Crippen LogP contribution in [0.3, 0.4) is 0 Å². The van der Waals surface area contributed by atoms with Gasteiger partial charge in [0.25, 0.3) is 0 Å². The first-order chi connectivity index (χ1) is 8.12. The molecule has 0 aromatic carbocycles. The Balaban J connectivity index is 2.58. The fourth-order valence-electron chi connectivity index (χ4n) is 2.35. The van der Waals surface area contributed by atoms with Crippen LogP contribution in [0.2, 0.25) is 0 Å². The lowest BCUT2D eigenvalue weighted by molar-refractivity contribution is -0.136. The van der Waals surface area contributed by atoms with Gasteiger partial charge in [-0.05, 0) is 31.9 Å². The predicted molar refractivity (Wildman–Crippen MR) is 71.7 cm³/mol. The van der Waals surface area contributed by atoms with E-state index < -0.39 is 0 Å². The van der Waals surface area contributed by atoms with E-state index in [9.17, 15) is 10.1 Å². The molecule has 1 saturated heterocycles. The summed E-state index contributed by atoms with van der Waals surface area (Å²) in [5, 5.41) is 9.19. The van der Waals surface area contributed by atoms with Crippen LogP contribution in [0.1, 0.15) is 39.5 Å². The molecule has 3 nitrogen and oxygen atoms in total. The first-order valence-electron chi connectivity index (χ1n) is 6.37. The summed E-state index contributed by atoms with van der Waals surface area (Å²) in [5.41, 5.74) is 0. The molecule has 1 heterocycles. The third-order valence-electron chi connectivity index (χ3n) is 3.81. The van der Waals surface area contributed by atoms with E-state index in [1.807, 2.05) is 11.2 Å². The van der Waals surface area contributed by atoms with Crippen LogP contribution in [-0.2, 0) is 4.79 Å². The van der Waals surface area contributed by atoms with E-state index in [1.54, 1.807) is 11.8 Å². The van der Waals surface area contributed by atoms with Crippen molar-refractivity contribution in [2.75, 3.05) is 19.3 Å². The fourth-order valence-corrected chi connectivity index (χ4v) is 3.03. The van der Waals surface area contributed by atoms with Gasteiger partial charge in [0, 0.05) is 19.0 Å². The van der Waals surface area contributed by atoms with Crippen LogP contribution >= 0.6 is 11.8 Å². The summed E-state index contributed by atoms with van der Waals surface area (Å²) in [7, 11) is 0. The molecule has 0 aromatic heterocycles. The third kappa shape index (κ3) is 3.16. The number of piperidine rings is 1. The molecule has 0 atom stereocenters. The summed E-state index contributed by atoms with van der Waals surface area (Å²) in [6, 6.07) is 2.41. The van der Waals surface area contributed by atoms with Gasteiger partial charge in [0.2, 0.25) is 5.91 Å². The number of nitriles is 1. The number of carbonyl (C=O) groups excluding carboxylic acids is 1. The summed E-state index contributed by atoms with van der Waals surface area (Å²) >= 11 is 1.63. The molecule has 0 aromatic rings. The van der Waals surface area contributed by atoms with E-state index in [4.69, 9.17) is 0 Å². The third-order valence-corrected chi connectivity index (χ3v) is 5.09. The molecule has 17 heavy (non-hydrogen) atoms. The second kappa shape index (κ2) is 6.30. The van der Waals surface area contributed by atoms with Crippen molar-refractivity contribution in [1.82, 2.24) is 4.90 Å². The Morgan fingerprint density at radius 3 is 2.29 bits per heavy atom. The molecule has 0 unspecified atom stereocenters. The Morgan fingerprint density at radius 1 is 1.41 bits per heavy atom. The predicted octanol–water partition coefficient (Wildman–Crippen LogP) is 2.67. The molecule has 1 rings (SSSR count). The molecule has 96 valence electrons. The van der Waals surface area contributed by atoms with Crippen LogP contribution in [0.15, 0.2) is 0 Å². The Labute approximate surface area is 109 Å². The molecule has 1 amide bonds. The Bertz CT molecular complexity index is 299. The van der Waals surface area contributed by atoms with Gasteiger partial charge in [0.05, 0.1) is 6.07 Å². The normalized spacial score (nSPS) is 19.1. The second-order valence-corrected chi connectivity index (χ2v) is 5.84. The first-order valence-corrected chi connectivity index (χ1v) is 7.60. The molecule has 0 radical (unpaired) electrons. The summed E-state index contributed by atoms with van der Waals surface area (Å²) < 4.78 is -0.259. The van der Waals surface area contributed by atoms with Gasteiger partial charge in [0.1, 0.15) is 4.75 Å². The zero-order valence-electron chi connectivity index (χ0n) is 11.0. The number of rotatable bonds is 4. The Kier molecular flexibility index (Phi) is 5.32. The van der Waals surface area contributed by atoms with Crippen molar-refractivity contribution >= 4 is 17.7 Å². The highest BCUT2D eigenvalue weighted by Crippen LogP contribution is 2.34. The first kappa shape index (κ1) is 14.4. The van der Waals surface area contributed by atoms with E-state index in [1.165, 1.54) is 0 Å². The Hall–Kier alpha value is -0.690. The van der Waals surface area contributed by atoms with E-state index in [0.29, 0.717) is 0 Å². The van der Waals surface area contributed by atoms with Crippen LogP contribution in [0.5, 0.6) is 0 Å². The van der Waals surface area contributed by atoms with Crippen molar-refractivity contribution < 1.29 is 4.79 Å². The maximum Gasteiger partial charge on any atom is 0.225 e. The van der Waals surface area contributed by atoms with Crippen LogP contribution in [0.25, 0.3) is 0 Å². The van der Waals surface area contributed by atoms with Gasteiger partial charge < -0.3 is 4.90 Å². The standard InChI is InChI=1S/C13H22N2OS/c1-4-11(5-2)12(16)15-8-6-13(10-14,17-3)7-9-15/h11H,4-9H2,1-3H3. The molecule has 0 aliphatic carbocycles. The number of nitrogens with zero attached hydrogens (tertiary/aromatic N) is 2. The monoisotopic (exact) mass is 254 g/mol. The van der Waals surface area contributed by atoms with Gasteiger partial charge in [-0.15, -0.1) is 11.8 Å². The molecule has 0 spiro atoms. The molecule has 1 aliphatic rings. The topological polar surface area (TPSA) is 44.1 Å². The average Bonchev–Trinajstić information content (AvgIpc) is 2.40. The maximum atomic E-state index is 12.2. The number of amides is 1. The van der Waals surface area contributed by atoms with Crippen molar-refractivity contribution in [3.05, 3.63) is 0 Å². The molecular formula is C13H22N2OS. The smallest absolute Gasteiger partial charge is 0.225 e. The van der Waals surface area contributed by atoms with Crippen LogP contribution in [0.4, 0.5) is 0 Å². The zero-order chi connectivity index (χ0) is 12.9. The lowest BCUT2D eigenvalue weighted by Gasteiger charge is -2.37. The van der Waals surface area contributed by atoms with Crippen molar-refractivity contribution in [3.8, 4) is 6.07 Å². The minimum atomic E-state index is -0.259. The molecule has 1 aliphatic heterocycles. The van der Waals surface area contributed by atoms with E-state index in [2.05, 4.69) is 19.9 Å². The highest BCUT2D eigenvalue weighted by Gasteiger charge is 2.36. The number of likely N-dealkylation sites (tertiary alicyclic amines) is 1. The van der Waals surface area contributed by atoms with Crippen molar-refractivity contribution in [2.24, 2.45) is 5.92 Å². The quantitative estimate of drug-likeness (QED) is 0.774. The largest absolute Gasteiger partial charge is 0.342 e. The SMILES string of the molecule is CCC(CC)C(=O)N1CCC(C#N)(SC)CC1. The van der Waals surface area contributed by atoms with Crippen molar-refractivity contribution in [2.45, 2.75) is 44.3 Å². The summed E-state index contributed by atoms with van der Waals surface area (Å²) in [4.78, 5) is 14.1. The van der Waals surface area contributed by atoms with Crippen LogP contribution < -0.4 is 0 Å². The maximum absolute atomic E-state index is 12.2. The fraction of sp³-hybridized carbons (Fsp3) is 0.846. The van der Waals surface area contributed by atoms with Crippen LogP contribution in [0, 0.1) is 17.2 Å². The number of carbonyl (C=O) groups is 1. The van der Waals surface area contributed by atoms with Crippen LogP contribution in [-0.4, -0.2) is 34.9 Å². The lowest BCUT2D eigenvalue weighted by atomic mass is 9.94. The van der Waals surface area contributed by atoms with Gasteiger partial charge in [-0.25, -0.2) is 0 Å². The number of hydrogen-bond donors (Lipinski definition) is 0. The van der Waals surface area contributed by atoms with Gasteiger partial charge >= 0.3 is 0 Å². The van der Waals surface area contributed by atoms with Gasteiger partial charge in [-0.1, -0.05) is 13.8 Å². The number of hydrogen-bond acceptors (Lipinski definition) is 3. The van der Waals surface area contributed by atoms with E-state index in [0.717, 1.165) is 38.8 Å². The lowest BCUT2D eigenvalue weighted by Crippen LogP contribution is -2.46. The Morgan fingerprint density at radius 2 is 1.94 bits per heavy atom. The van der Waals surface area contributed by atoms with Gasteiger partial charge in [0.15, 0.2) is 0 Å². The van der Waals surface area contributed by atoms with E-state index >= 15 is 0 Å². The highest BCUT2D eigenvalue weighted by molar-refractivity contribution is 8.00. The summed E-state index contributed by atoms with van der Waals surface area (Å²) in [6.45, 7) is 5.61. The minimum Gasteiger partial charge on any atom is -0.342 e. The number of thioether (sulfide) groups is 1. The van der Waals surface area contributed by atoms with E-state index in [-0.39, 0.29) is 16.6 Å². The molecule has 0 N–H and O–H groups in total. The van der Waals surface area contributed by atoms with Crippen molar-refractivity contribution in [1.29, 1.82) is 5.26 Å².